The summed E-state index contributed by atoms with van der Waals surface area (Å²) in [5.74, 6) is 0.802. The highest BCUT2D eigenvalue weighted by Crippen LogP contribution is 2.32. The molecule has 0 unspecified atom stereocenters. The van der Waals surface area contributed by atoms with Crippen LogP contribution in [-0.4, -0.2) is 56.3 Å². The minimum absolute atomic E-state index is 0.685. The van der Waals surface area contributed by atoms with Crippen LogP contribution < -0.4 is 4.74 Å². The van der Waals surface area contributed by atoms with Crippen molar-refractivity contribution in [2.24, 2.45) is 0 Å². The van der Waals surface area contributed by atoms with Crippen molar-refractivity contribution in [2.45, 2.75) is 12.8 Å². The quantitative estimate of drug-likeness (QED) is 0.415. The number of aromatic amines is 2. The van der Waals surface area contributed by atoms with E-state index >= 15 is 0 Å². The number of likely N-dealkylation sites (tertiary alicyclic amines) is 1. The van der Waals surface area contributed by atoms with Gasteiger partial charge in [0, 0.05) is 35.3 Å². The Labute approximate surface area is 185 Å². The maximum Gasteiger partial charge on any atom is 0.138 e. The summed E-state index contributed by atoms with van der Waals surface area (Å²) < 4.78 is 5.99. The fourth-order valence-corrected chi connectivity index (χ4v) is 4.44. The second kappa shape index (κ2) is 8.09. The largest absolute Gasteiger partial charge is 0.491 e. The Kier molecular flexibility index (Phi) is 4.81. The number of ether oxygens (including phenoxy) is 1. The summed E-state index contributed by atoms with van der Waals surface area (Å²) in [6, 6.07) is 14.4. The van der Waals surface area contributed by atoms with Gasteiger partial charge >= 0.3 is 0 Å². The van der Waals surface area contributed by atoms with E-state index in [2.05, 4.69) is 60.4 Å². The Bertz CT molecular complexity index is 1350. The molecule has 5 aromatic rings. The van der Waals surface area contributed by atoms with E-state index in [1.165, 1.54) is 25.9 Å². The van der Waals surface area contributed by atoms with Crippen LogP contribution in [0.3, 0.4) is 0 Å². The van der Waals surface area contributed by atoms with Crippen LogP contribution in [0, 0.1) is 0 Å². The smallest absolute Gasteiger partial charge is 0.138 e. The van der Waals surface area contributed by atoms with Gasteiger partial charge in [0.05, 0.1) is 17.4 Å². The Morgan fingerprint density at radius 2 is 1.94 bits per heavy atom. The van der Waals surface area contributed by atoms with Gasteiger partial charge in [-0.05, 0) is 67.9 Å². The fraction of sp³-hybridized carbons (Fsp3) is 0.240. The lowest BCUT2D eigenvalue weighted by atomic mass is 10.0. The van der Waals surface area contributed by atoms with Crippen LogP contribution in [0.15, 0.2) is 61.1 Å². The van der Waals surface area contributed by atoms with Crippen LogP contribution in [-0.2, 0) is 0 Å². The zero-order valence-corrected chi connectivity index (χ0v) is 17.7. The number of nitrogens with one attached hydrogen (secondary N) is 2. The Morgan fingerprint density at radius 3 is 2.84 bits per heavy atom. The molecule has 1 aliphatic rings. The highest BCUT2D eigenvalue weighted by atomic mass is 16.5. The first-order valence-electron chi connectivity index (χ1n) is 11.1. The van der Waals surface area contributed by atoms with Gasteiger partial charge in [-0.1, -0.05) is 6.07 Å². The fourth-order valence-electron chi connectivity index (χ4n) is 4.44. The monoisotopic (exact) mass is 424 g/mol. The van der Waals surface area contributed by atoms with E-state index in [0.717, 1.165) is 56.7 Å². The van der Waals surface area contributed by atoms with Crippen molar-refractivity contribution in [1.29, 1.82) is 0 Å². The molecular weight excluding hydrogens is 400 g/mol. The number of nitrogens with zero attached hydrogens (tertiary/aromatic N) is 4. The average Bonchev–Trinajstić information content (AvgIpc) is 3.58. The third-order valence-corrected chi connectivity index (χ3v) is 6.13. The molecule has 7 nitrogen and oxygen atoms in total. The minimum atomic E-state index is 0.685. The Balaban J connectivity index is 1.28. The van der Waals surface area contributed by atoms with Crippen molar-refractivity contribution in [1.82, 2.24) is 30.0 Å². The van der Waals surface area contributed by atoms with E-state index in [-0.39, 0.29) is 0 Å². The number of fused-ring (bicyclic) bond motifs is 2. The van der Waals surface area contributed by atoms with Crippen LogP contribution in [0.25, 0.3) is 44.5 Å². The van der Waals surface area contributed by atoms with E-state index in [1.54, 1.807) is 12.4 Å². The second-order valence-electron chi connectivity index (χ2n) is 8.26. The molecule has 4 aromatic heterocycles. The van der Waals surface area contributed by atoms with Crippen LogP contribution >= 0.6 is 0 Å². The molecular formula is C25H24N6O. The van der Waals surface area contributed by atoms with E-state index in [9.17, 15) is 0 Å². The lowest BCUT2D eigenvalue weighted by molar-refractivity contribution is 0.237. The van der Waals surface area contributed by atoms with Crippen LogP contribution in [0.2, 0.25) is 0 Å². The van der Waals surface area contributed by atoms with Gasteiger partial charge in [0.15, 0.2) is 0 Å². The van der Waals surface area contributed by atoms with Crippen molar-refractivity contribution < 1.29 is 4.74 Å². The second-order valence-corrected chi connectivity index (χ2v) is 8.26. The van der Waals surface area contributed by atoms with Crippen LogP contribution in [0.4, 0.5) is 0 Å². The van der Waals surface area contributed by atoms with Crippen molar-refractivity contribution in [2.75, 3.05) is 26.2 Å². The molecule has 0 saturated carbocycles. The zero-order chi connectivity index (χ0) is 21.3. The number of aromatic nitrogens is 5. The number of rotatable bonds is 6. The molecule has 2 N–H and O–H groups in total. The molecule has 1 aliphatic heterocycles. The topological polar surface area (TPSA) is 82.7 Å². The summed E-state index contributed by atoms with van der Waals surface area (Å²) in [5.41, 5.74) is 5.77. The number of H-pyrrole nitrogens is 2. The molecule has 1 aromatic carbocycles. The van der Waals surface area contributed by atoms with Crippen molar-refractivity contribution in [3.63, 3.8) is 0 Å². The highest BCUT2D eigenvalue weighted by molar-refractivity contribution is 5.97. The van der Waals surface area contributed by atoms with Crippen molar-refractivity contribution in [3.05, 3.63) is 61.1 Å². The summed E-state index contributed by atoms with van der Waals surface area (Å²) in [5, 5.41) is 9.82. The molecule has 0 spiro atoms. The lowest BCUT2D eigenvalue weighted by Gasteiger charge is -2.15. The number of benzene rings is 1. The van der Waals surface area contributed by atoms with Gasteiger partial charge in [-0.3, -0.25) is 15.0 Å². The summed E-state index contributed by atoms with van der Waals surface area (Å²) in [6.45, 7) is 4.01. The predicted molar refractivity (Wildman–Crippen MR) is 126 cm³/mol. The van der Waals surface area contributed by atoms with Crippen LogP contribution in [0.5, 0.6) is 5.75 Å². The Hall–Kier alpha value is -3.71. The van der Waals surface area contributed by atoms with Gasteiger partial charge in [0.1, 0.15) is 23.7 Å². The molecule has 32 heavy (non-hydrogen) atoms. The molecule has 0 bridgehead atoms. The lowest BCUT2D eigenvalue weighted by Crippen LogP contribution is -2.25. The maximum atomic E-state index is 5.99. The minimum Gasteiger partial charge on any atom is -0.491 e. The molecule has 0 amide bonds. The van der Waals surface area contributed by atoms with Gasteiger partial charge in [0.2, 0.25) is 0 Å². The average molecular weight is 425 g/mol. The SMILES string of the molecule is c1cnc2[nH]c(-c3n[nH]c4ccc(-c5cncc(OCCN6CCCC6)c5)cc34)cc2c1. The zero-order valence-electron chi connectivity index (χ0n) is 17.7. The summed E-state index contributed by atoms with van der Waals surface area (Å²) in [4.78, 5) is 14.6. The third kappa shape index (κ3) is 3.61. The molecule has 160 valence electrons. The van der Waals surface area contributed by atoms with Gasteiger partial charge in [-0.2, -0.15) is 5.10 Å². The Morgan fingerprint density at radius 1 is 1.00 bits per heavy atom. The normalized spacial score (nSPS) is 14.5. The van der Waals surface area contributed by atoms with Gasteiger partial charge in [-0.25, -0.2) is 4.98 Å². The molecule has 0 aliphatic carbocycles. The van der Waals surface area contributed by atoms with E-state index in [1.807, 2.05) is 18.3 Å². The van der Waals surface area contributed by atoms with Gasteiger partial charge in [-0.15, -0.1) is 0 Å². The molecule has 1 fully saturated rings. The molecule has 0 atom stereocenters. The number of hydrogen-bond donors (Lipinski definition) is 2. The first-order valence-corrected chi connectivity index (χ1v) is 11.1. The summed E-state index contributed by atoms with van der Waals surface area (Å²) >= 11 is 0. The van der Waals surface area contributed by atoms with Gasteiger partial charge in [0.25, 0.3) is 0 Å². The summed E-state index contributed by atoms with van der Waals surface area (Å²) in [6.07, 6.45) is 8.04. The first-order chi connectivity index (χ1) is 15.8. The number of pyridine rings is 2. The molecule has 5 heterocycles. The van der Waals surface area contributed by atoms with E-state index in [4.69, 9.17) is 4.74 Å². The number of hydrogen-bond acceptors (Lipinski definition) is 5. The third-order valence-electron chi connectivity index (χ3n) is 6.13. The predicted octanol–water partition coefficient (Wildman–Crippen LogP) is 4.64. The van der Waals surface area contributed by atoms with Gasteiger partial charge < -0.3 is 9.72 Å². The van der Waals surface area contributed by atoms with Crippen molar-refractivity contribution >= 4 is 21.9 Å². The molecule has 1 saturated heterocycles. The van der Waals surface area contributed by atoms with E-state index in [0.29, 0.717) is 6.61 Å². The first kappa shape index (κ1) is 19.0. The maximum absolute atomic E-state index is 5.99. The molecule has 0 radical (unpaired) electrons. The van der Waals surface area contributed by atoms with Crippen molar-refractivity contribution in [3.8, 4) is 28.3 Å². The molecule has 7 heteroatoms. The summed E-state index contributed by atoms with van der Waals surface area (Å²) in [7, 11) is 0. The van der Waals surface area contributed by atoms with E-state index < -0.39 is 0 Å². The standard InChI is InChI=1S/C25H24N6O/c1-2-9-31(8-1)10-11-32-20-12-19(15-26-16-20)17-5-6-22-21(13-17)24(30-29-22)23-14-18-4-3-7-27-25(18)28-23/h3-7,12-16H,1-2,8-11H2,(H,27,28)(H,29,30). The molecule has 6 rings (SSSR count). The van der Waals surface area contributed by atoms with Crippen LogP contribution in [0.1, 0.15) is 12.8 Å². The highest BCUT2D eigenvalue weighted by Gasteiger charge is 2.14.